The third kappa shape index (κ3) is 5.08. The van der Waals surface area contributed by atoms with Crippen LogP contribution in [0.5, 0.6) is 5.75 Å². The highest BCUT2D eigenvalue weighted by Crippen LogP contribution is 2.22. The molecule has 0 aliphatic heterocycles. The number of aromatic hydroxyl groups is 1. The molecular weight excluding hydrogens is 308 g/mol. The van der Waals surface area contributed by atoms with Gasteiger partial charge in [0.2, 0.25) is 0 Å². The minimum Gasteiger partial charge on any atom is -0.507 e. The summed E-state index contributed by atoms with van der Waals surface area (Å²) in [5.74, 6) is -0.552. The molecule has 0 aromatic heterocycles. The minimum absolute atomic E-state index is 0.0502. The lowest BCUT2D eigenvalue weighted by molar-refractivity contribution is -0.384. The third-order valence-electron chi connectivity index (χ3n) is 3.18. The van der Waals surface area contributed by atoms with Crippen LogP contribution in [0.3, 0.4) is 0 Å². The summed E-state index contributed by atoms with van der Waals surface area (Å²) in [4.78, 5) is 22.3. The second kappa shape index (κ2) is 9.29. The van der Waals surface area contributed by atoms with Gasteiger partial charge in [0, 0.05) is 17.8 Å². The first-order chi connectivity index (χ1) is 11.5. The number of hydrogen-bond acceptors (Lipinski definition) is 4. The Balaban J connectivity index is 0.00000139. The van der Waals surface area contributed by atoms with Gasteiger partial charge in [0.25, 0.3) is 11.6 Å². The number of nitrogens with one attached hydrogen (secondary N) is 1. The van der Waals surface area contributed by atoms with Crippen molar-refractivity contribution in [3.8, 4) is 5.75 Å². The molecule has 2 aromatic rings. The lowest BCUT2D eigenvalue weighted by Gasteiger charge is -2.08. The van der Waals surface area contributed by atoms with E-state index < -0.39 is 10.8 Å². The van der Waals surface area contributed by atoms with E-state index in [4.69, 9.17) is 0 Å². The number of nitrogens with zero attached hydrogens (tertiary/aromatic N) is 1. The smallest absolute Gasteiger partial charge is 0.269 e. The first kappa shape index (κ1) is 19.2. The van der Waals surface area contributed by atoms with Gasteiger partial charge in [-0.25, -0.2) is 0 Å². The molecular formula is C18H22N2O4. The number of nitro groups is 1. The summed E-state index contributed by atoms with van der Waals surface area (Å²) in [5, 5.41) is 23.0. The third-order valence-corrected chi connectivity index (χ3v) is 3.18. The maximum Gasteiger partial charge on any atom is 0.269 e. The number of benzene rings is 2. The Kier molecular flexibility index (Phi) is 7.42. The van der Waals surface area contributed by atoms with E-state index in [1.54, 1.807) is 12.1 Å². The van der Waals surface area contributed by atoms with Crippen molar-refractivity contribution < 1.29 is 14.8 Å². The zero-order valence-corrected chi connectivity index (χ0v) is 14.1. The van der Waals surface area contributed by atoms with Gasteiger partial charge in [0.05, 0.1) is 10.5 Å². The molecule has 24 heavy (non-hydrogen) atoms. The van der Waals surface area contributed by atoms with Crippen LogP contribution >= 0.6 is 0 Å². The van der Waals surface area contributed by atoms with E-state index in [1.165, 1.54) is 30.3 Å². The van der Waals surface area contributed by atoms with Crippen molar-refractivity contribution >= 4 is 17.3 Å². The van der Waals surface area contributed by atoms with Gasteiger partial charge in [-0.05, 0) is 36.2 Å². The van der Waals surface area contributed by atoms with Crippen LogP contribution < -0.4 is 5.32 Å². The summed E-state index contributed by atoms with van der Waals surface area (Å²) in [6.45, 7) is 6.03. The average molecular weight is 330 g/mol. The van der Waals surface area contributed by atoms with E-state index in [0.29, 0.717) is 5.69 Å². The summed E-state index contributed by atoms with van der Waals surface area (Å²) >= 11 is 0. The number of amides is 1. The SMILES string of the molecule is CC.CCCc1ccc(O)c(C(=O)Nc2ccc([N+](=O)[O-])cc2)c1. The molecule has 128 valence electrons. The Morgan fingerprint density at radius 1 is 1.17 bits per heavy atom. The van der Waals surface area contributed by atoms with E-state index in [1.807, 2.05) is 20.8 Å². The molecule has 0 aliphatic carbocycles. The van der Waals surface area contributed by atoms with Crippen LogP contribution in [0.2, 0.25) is 0 Å². The molecule has 0 bridgehead atoms. The van der Waals surface area contributed by atoms with Crippen LogP contribution in [-0.2, 0) is 6.42 Å². The predicted octanol–water partition coefficient (Wildman–Crippen LogP) is 4.53. The second-order valence-corrected chi connectivity index (χ2v) is 4.86. The molecule has 0 fully saturated rings. The van der Waals surface area contributed by atoms with Gasteiger partial charge < -0.3 is 10.4 Å². The number of carbonyl (C=O) groups excluding carboxylic acids is 1. The Morgan fingerprint density at radius 3 is 2.33 bits per heavy atom. The molecule has 0 atom stereocenters. The number of phenols is 1. The zero-order chi connectivity index (χ0) is 18.1. The Labute approximate surface area is 141 Å². The summed E-state index contributed by atoms with van der Waals surface area (Å²) < 4.78 is 0. The average Bonchev–Trinajstić information content (AvgIpc) is 2.59. The number of aryl methyl sites for hydroxylation is 1. The first-order valence-electron chi connectivity index (χ1n) is 7.89. The van der Waals surface area contributed by atoms with Gasteiger partial charge in [-0.2, -0.15) is 0 Å². The molecule has 0 aliphatic rings. The first-order valence-corrected chi connectivity index (χ1v) is 7.89. The number of rotatable bonds is 5. The molecule has 2 N–H and O–H groups in total. The highest BCUT2D eigenvalue weighted by molar-refractivity contribution is 6.06. The zero-order valence-electron chi connectivity index (χ0n) is 14.1. The van der Waals surface area contributed by atoms with Crippen molar-refractivity contribution in [1.82, 2.24) is 0 Å². The van der Waals surface area contributed by atoms with Crippen molar-refractivity contribution in [2.75, 3.05) is 5.32 Å². The normalized spacial score (nSPS) is 9.62. The van der Waals surface area contributed by atoms with Crippen LogP contribution in [-0.4, -0.2) is 15.9 Å². The van der Waals surface area contributed by atoms with Crippen molar-refractivity contribution in [3.63, 3.8) is 0 Å². The molecule has 0 radical (unpaired) electrons. The number of nitro benzene ring substituents is 1. The molecule has 2 aromatic carbocycles. The summed E-state index contributed by atoms with van der Waals surface area (Å²) in [6, 6.07) is 10.4. The van der Waals surface area contributed by atoms with Crippen LogP contribution in [0.25, 0.3) is 0 Å². The van der Waals surface area contributed by atoms with E-state index in [-0.39, 0.29) is 17.0 Å². The fourth-order valence-electron chi connectivity index (χ4n) is 2.07. The van der Waals surface area contributed by atoms with Gasteiger partial charge in [-0.1, -0.05) is 33.3 Å². The van der Waals surface area contributed by atoms with Crippen molar-refractivity contribution in [2.24, 2.45) is 0 Å². The van der Waals surface area contributed by atoms with E-state index >= 15 is 0 Å². The minimum atomic E-state index is -0.508. The van der Waals surface area contributed by atoms with Crippen LogP contribution in [0, 0.1) is 10.1 Å². The van der Waals surface area contributed by atoms with Crippen LogP contribution in [0.15, 0.2) is 42.5 Å². The fraction of sp³-hybridized carbons (Fsp3) is 0.278. The fourth-order valence-corrected chi connectivity index (χ4v) is 2.07. The standard InChI is InChI=1S/C16H16N2O4.C2H6/c1-2-3-11-4-9-15(19)14(10-11)16(20)17-12-5-7-13(8-6-12)18(21)22;1-2/h4-10,19H,2-3H2,1H3,(H,17,20);1-2H3. The van der Waals surface area contributed by atoms with Gasteiger partial charge in [0.1, 0.15) is 5.75 Å². The monoisotopic (exact) mass is 330 g/mol. The highest BCUT2D eigenvalue weighted by Gasteiger charge is 2.13. The molecule has 0 saturated carbocycles. The maximum absolute atomic E-state index is 12.2. The summed E-state index contributed by atoms with van der Waals surface area (Å²) in [5.41, 5.74) is 1.53. The van der Waals surface area contributed by atoms with Gasteiger partial charge in [-0.15, -0.1) is 0 Å². The quantitative estimate of drug-likeness (QED) is 0.622. The Hall–Kier alpha value is -2.89. The number of anilines is 1. The van der Waals surface area contributed by atoms with E-state index in [2.05, 4.69) is 5.32 Å². The number of carbonyl (C=O) groups is 1. The summed E-state index contributed by atoms with van der Waals surface area (Å²) in [7, 11) is 0. The van der Waals surface area contributed by atoms with Crippen molar-refractivity contribution in [3.05, 3.63) is 63.7 Å². The molecule has 6 heteroatoms. The van der Waals surface area contributed by atoms with Crippen LogP contribution in [0.4, 0.5) is 11.4 Å². The van der Waals surface area contributed by atoms with Crippen molar-refractivity contribution in [2.45, 2.75) is 33.6 Å². The molecule has 0 saturated heterocycles. The molecule has 0 unspecified atom stereocenters. The van der Waals surface area contributed by atoms with Crippen molar-refractivity contribution in [1.29, 1.82) is 0 Å². The molecule has 0 spiro atoms. The van der Waals surface area contributed by atoms with Gasteiger partial charge >= 0.3 is 0 Å². The lowest BCUT2D eigenvalue weighted by Crippen LogP contribution is -2.12. The molecule has 0 heterocycles. The number of hydrogen-bond donors (Lipinski definition) is 2. The molecule has 2 rings (SSSR count). The van der Waals surface area contributed by atoms with Gasteiger partial charge in [-0.3, -0.25) is 14.9 Å². The maximum atomic E-state index is 12.2. The topological polar surface area (TPSA) is 92.5 Å². The highest BCUT2D eigenvalue weighted by atomic mass is 16.6. The van der Waals surface area contributed by atoms with E-state index in [9.17, 15) is 20.0 Å². The van der Waals surface area contributed by atoms with Gasteiger partial charge in [0.15, 0.2) is 0 Å². The Bertz CT molecular complexity index is 697. The van der Waals surface area contributed by atoms with E-state index in [0.717, 1.165) is 18.4 Å². The predicted molar refractivity (Wildman–Crippen MR) is 94.5 cm³/mol. The second-order valence-electron chi connectivity index (χ2n) is 4.86. The van der Waals surface area contributed by atoms with Crippen LogP contribution in [0.1, 0.15) is 43.1 Å². The number of phenolic OH excluding ortho intramolecular Hbond substituents is 1. The Morgan fingerprint density at radius 2 is 1.79 bits per heavy atom. The largest absolute Gasteiger partial charge is 0.507 e. The lowest BCUT2D eigenvalue weighted by atomic mass is 10.1. The number of non-ortho nitro benzene ring substituents is 1. The molecule has 6 nitrogen and oxygen atoms in total. The summed E-state index contributed by atoms with van der Waals surface area (Å²) in [6.07, 6.45) is 1.76. The molecule has 1 amide bonds.